The number of alkyl halides is 6. The summed E-state index contributed by atoms with van der Waals surface area (Å²) in [5, 5.41) is 13.8. The van der Waals surface area contributed by atoms with Gasteiger partial charge in [-0.25, -0.2) is 4.98 Å². The first-order valence-electron chi connectivity index (χ1n) is 10.2. The number of hydrogen-bond donors (Lipinski definition) is 3. The number of pyridine rings is 1. The second-order valence-corrected chi connectivity index (χ2v) is 7.63. The zero-order valence-electron chi connectivity index (χ0n) is 17.5. The van der Waals surface area contributed by atoms with E-state index < -0.39 is 29.7 Å². The molecule has 33 heavy (non-hydrogen) atoms. The largest absolute Gasteiger partial charge is 0.433 e. The van der Waals surface area contributed by atoms with Crippen molar-refractivity contribution in [3.05, 3.63) is 76.5 Å². The van der Waals surface area contributed by atoms with Gasteiger partial charge in [-0.05, 0) is 36.6 Å². The highest BCUT2D eigenvalue weighted by Gasteiger charge is 2.38. The molecular formula is C23H23F6N3O. The van der Waals surface area contributed by atoms with Gasteiger partial charge in [0, 0.05) is 30.8 Å². The Morgan fingerprint density at radius 1 is 1.00 bits per heavy atom. The number of aliphatic hydroxyl groups is 1. The second-order valence-electron chi connectivity index (χ2n) is 7.63. The van der Waals surface area contributed by atoms with E-state index in [1.165, 1.54) is 6.07 Å². The minimum atomic E-state index is -4.86. The summed E-state index contributed by atoms with van der Waals surface area (Å²) in [5.41, 5.74) is 4.55. The van der Waals surface area contributed by atoms with Crippen molar-refractivity contribution in [2.45, 2.75) is 31.3 Å². The van der Waals surface area contributed by atoms with Crippen molar-refractivity contribution in [1.29, 1.82) is 0 Å². The van der Waals surface area contributed by atoms with Crippen molar-refractivity contribution in [3.63, 3.8) is 0 Å². The molecule has 1 atom stereocenters. The summed E-state index contributed by atoms with van der Waals surface area (Å²) in [7, 11) is 0. The number of hydrogen-bond acceptors (Lipinski definition) is 4. The molecule has 0 bridgehead atoms. The first-order valence-corrected chi connectivity index (χ1v) is 10.2. The third-order valence-corrected chi connectivity index (χ3v) is 5.28. The highest BCUT2D eigenvalue weighted by molar-refractivity contribution is 5.60. The lowest BCUT2D eigenvalue weighted by Gasteiger charge is -2.19. The molecule has 1 aliphatic rings. The molecule has 1 aromatic carbocycles. The van der Waals surface area contributed by atoms with Crippen molar-refractivity contribution in [2.24, 2.45) is 5.73 Å². The second kappa shape index (κ2) is 10.1. The molecule has 0 saturated heterocycles. The highest BCUT2D eigenvalue weighted by Crippen LogP contribution is 2.38. The Morgan fingerprint density at radius 2 is 1.70 bits per heavy atom. The first kappa shape index (κ1) is 24.9. The number of rotatable bonds is 8. The zero-order valence-corrected chi connectivity index (χ0v) is 17.5. The summed E-state index contributed by atoms with van der Waals surface area (Å²) in [6, 6.07) is 6.10. The molecule has 0 fully saturated rings. The van der Waals surface area contributed by atoms with Gasteiger partial charge in [0.25, 0.3) is 0 Å². The average Bonchev–Trinajstić information content (AvgIpc) is 3.19. The fourth-order valence-electron chi connectivity index (χ4n) is 3.62. The fraction of sp³-hybridized carbons (Fsp3) is 0.348. The third-order valence-electron chi connectivity index (χ3n) is 5.28. The van der Waals surface area contributed by atoms with Gasteiger partial charge in [0.05, 0.1) is 17.4 Å². The SMILES string of the molecule is NCCNCC1=C(C[C@H](O)c2ccc(-c3ccc(C(F)(F)F)cc3)nc2C(F)(F)F)CC=C1. The summed E-state index contributed by atoms with van der Waals surface area (Å²) in [5.74, 6) is 0. The zero-order chi connectivity index (χ0) is 24.2. The van der Waals surface area contributed by atoms with Crippen LogP contribution < -0.4 is 11.1 Å². The van der Waals surface area contributed by atoms with Crippen molar-refractivity contribution in [1.82, 2.24) is 10.3 Å². The molecule has 1 aromatic heterocycles. The van der Waals surface area contributed by atoms with Crippen LogP contribution in [0.2, 0.25) is 0 Å². The monoisotopic (exact) mass is 471 g/mol. The van der Waals surface area contributed by atoms with Crippen molar-refractivity contribution in [2.75, 3.05) is 19.6 Å². The predicted octanol–water partition coefficient (Wildman–Crippen LogP) is 5.01. The summed E-state index contributed by atoms with van der Waals surface area (Å²) < 4.78 is 79.5. The van der Waals surface area contributed by atoms with Crippen LogP contribution in [0.3, 0.4) is 0 Å². The lowest BCUT2D eigenvalue weighted by atomic mass is 9.96. The Labute approximate surface area is 186 Å². The third kappa shape index (κ3) is 6.21. The standard InChI is InChI=1S/C23H23F6N3O/c24-22(25,26)17-6-4-14(5-7-17)19-9-8-18(21(32-19)23(27,28)29)20(33)12-15-2-1-3-16(15)13-31-11-10-30/h1,3-9,20,31,33H,2,10-13,30H2/t20-/m0/s1. The smallest absolute Gasteiger partial charge is 0.388 e. The van der Waals surface area contributed by atoms with Gasteiger partial charge in [-0.1, -0.05) is 35.9 Å². The topological polar surface area (TPSA) is 71.2 Å². The van der Waals surface area contributed by atoms with E-state index in [1.807, 2.05) is 12.2 Å². The maximum absolute atomic E-state index is 13.8. The maximum atomic E-state index is 13.8. The van der Waals surface area contributed by atoms with E-state index in [1.54, 1.807) is 0 Å². The van der Waals surface area contributed by atoms with E-state index in [4.69, 9.17) is 5.73 Å². The number of aromatic nitrogens is 1. The minimum absolute atomic E-state index is 0.00295. The molecular weight excluding hydrogens is 448 g/mol. The predicted molar refractivity (Wildman–Crippen MR) is 112 cm³/mol. The van der Waals surface area contributed by atoms with Crippen LogP contribution >= 0.6 is 0 Å². The lowest BCUT2D eigenvalue weighted by molar-refractivity contribution is -0.142. The van der Waals surface area contributed by atoms with Gasteiger partial charge in [0.2, 0.25) is 0 Å². The normalized spacial score (nSPS) is 15.4. The van der Waals surface area contributed by atoms with Crippen LogP contribution in [0.15, 0.2) is 59.7 Å². The Kier molecular flexibility index (Phi) is 7.61. The van der Waals surface area contributed by atoms with E-state index >= 15 is 0 Å². The lowest BCUT2D eigenvalue weighted by Crippen LogP contribution is -2.24. The quantitative estimate of drug-likeness (QED) is 0.374. The summed E-state index contributed by atoms with van der Waals surface area (Å²) in [6.45, 7) is 1.52. The fourth-order valence-corrected chi connectivity index (χ4v) is 3.62. The Morgan fingerprint density at radius 3 is 2.30 bits per heavy atom. The molecule has 4 nitrogen and oxygen atoms in total. The Bertz CT molecular complexity index is 1030. The number of allylic oxidation sites excluding steroid dienone is 1. The van der Waals surface area contributed by atoms with Gasteiger partial charge in [-0.3, -0.25) is 0 Å². The van der Waals surface area contributed by atoms with Gasteiger partial charge >= 0.3 is 12.4 Å². The number of nitrogens with one attached hydrogen (secondary N) is 1. The van der Waals surface area contributed by atoms with E-state index in [2.05, 4.69) is 10.3 Å². The summed E-state index contributed by atoms with van der Waals surface area (Å²) in [4.78, 5) is 3.66. The van der Waals surface area contributed by atoms with E-state index in [9.17, 15) is 31.4 Å². The van der Waals surface area contributed by atoms with Gasteiger partial charge in [0.15, 0.2) is 5.69 Å². The van der Waals surface area contributed by atoms with Gasteiger partial charge in [-0.2, -0.15) is 26.3 Å². The minimum Gasteiger partial charge on any atom is -0.388 e. The molecule has 0 unspecified atom stereocenters. The van der Waals surface area contributed by atoms with E-state index in [0.717, 1.165) is 41.5 Å². The molecule has 10 heteroatoms. The molecule has 0 aliphatic heterocycles. The number of aliphatic hydroxyl groups excluding tert-OH is 1. The number of halogens is 6. The summed E-state index contributed by atoms with van der Waals surface area (Å²) in [6.07, 6.45) is -6.60. The molecule has 2 aromatic rings. The van der Waals surface area contributed by atoms with Crippen LogP contribution in [0, 0.1) is 0 Å². The number of nitrogens with two attached hydrogens (primary N) is 1. The summed E-state index contributed by atoms with van der Waals surface area (Å²) >= 11 is 0. The van der Waals surface area contributed by atoms with Crippen LogP contribution in [-0.4, -0.2) is 29.7 Å². The molecule has 0 radical (unpaired) electrons. The van der Waals surface area contributed by atoms with Gasteiger partial charge in [0.1, 0.15) is 0 Å². The van der Waals surface area contributed by atoms with E-state index in [-0.39, 0.29) is 23.2 Å². The maximum Gasteiger partial charge on any atom is 0.433 e. The molecule has 4 N–H and O–H groups in total. The van der Waals surface area contributed by atoms with E-state index in [0.29, 0.717) is 26.1 Å². The van der Waals surface area contributed by atoms with Crippen LogP contribution in [-0.2, 0) is 12.4 Å². The molecule has 178 valence electrons. The Balaban J connectivity index is 1.87. The van der Waals surface area contributed by atoms with Crippen LogP contribution in [0.4, 0.5) is 26.3 Å². The van der Waals surface area contributed by atoms with Crippen LogP contribution in [0.25, 0.3) is 11.3 Å². The van der Waals surface area contributed by atoms with Crippen molar-refractivity contribution >= 4 is 0 Å². The average molecular weight is 471 g/mol. The van der Waals surface area contributed by atoms with Crippen LogP contribution in [0.5, 0.6) is 0 Å². The Hall–Kier alpha value is -2.69. The molecule has 0 spiro atoms. The van der Waals surface area contributed by atoms with Crippen molar-refractivity contribution in [3.8, 4) is 11.3 Å². The van der Waals surface area contributed by atoms with Crippen LogP contribution in [0.1, 0.15) is 35.8 Å². The molecule has 0 saturated carbocycles. The number of nitrogens with zero attached hydrogens (tertiary/aromatic N) is 1. The van der Waals surface area contributed by atoms with Gasteiger partial charge in [-0.15, -0.1) is 0 Å². The van der Waals surface area contributed by atoms with Gasteiger partial charge < -0.3 is 16.2 Å². The molecule has 3 rings (SSSR count). The molecule has 1 heterocycles. The number of benzene rings is 1. The molecule has 0 amide bonds. The first-order chi connectivity index (χ1) is 15.5. The highest BCUT2D eigenvalue weighted by atomic mass is 19.4. The molecule has 1 aliphatic carbocycles. The van der Waals surface area contributed by atoms with Crippen molar-refractivity contribution < 1.29 is 31.4 Å².